The fraction of sp³-hybridized carbons (Fsp3) is 1.00. The highest BCUT2D eigenvalue weighted by atomic mass is 35.5. The maximum absolute atomic E-state index is 5.65. The number of halogens is 1. The zero-order valence-corrected chi connectivity index (χ0v) is 8.94. The van der Waals surface area contributed by atoms with E-state index in [1.54, 1.807) is 7.11 Å². The molecule has 0 heterocycles. The lowest BCUT2D eigenvalue weighted by molar-refractivity contribution is 0.185. The fourth-order valence-corrected chi connectivity index (χ4v) is 1.37. The highest BCUT2D eigenvalue weighted by Crippen LogP contribution is 1.95. The molecule has 0 unspecified atom stereocenters. The van der Waals surface area contributed by atoms with E-state index in [1.165, 1.54) is 6.42 Å². The molecule has 0 aliphatic rings. The minimum absolute atomic E-state index is 0.734. The number of hydrogen-bond donors (Lipinski definition) is 0. The average molecular weight is 194 g/mol. The van der Waals surface area contributed by atoms with Crippen molar-refractivity contribution in [2.75, 3.05) is 39.2 Å². The molecule has 0 saturated heterocycles. The molecule has 0 saturated carbocycles. The van der Waals surface area contributed by atoms with Gasteiger partial charge >= 0.3 is 0 Å². The van der Waals surface area contributed by atoms with Gasteiger partial charge < -0.3 is 9.64 Å². The highest BCUT2D eigenvalue weighted by Gasteiger charge is 1.99. The third kappa shape index (κ3) is 6.89. The molecule has 0 amide bonds. The Morgan fingerprint density at radius 3 is 2.50 bits per heavy atom. The van der Waals surface area contributed by atoms with Crippen molar-refractivity contribution in [2.45, 2.75) is 19.8 Å². The summed E-state index contributed by atoms with van der Waals surface area (Å²) in [7, 11) is 1.75. The van der Waals surface area contributed by atoms with Crippen LogP contribution in [0, 0.1) is 0 Å². The largest absolute Gasteiger partial charge is 0.385 e. The van der Waals surface area contributed by atoms with Crippen LogP contribution in [0.2, 0.25) is 0 Å². The average Bonchev–Trinajstić information content (AvgIpc) is 2.10. The lowest BCUT2D eigenvalue weighted by Gasteiger charge is -2.18. The third-order valence-electron chi connectivity index (χ3n) is 1.92. The van der Waals surface area contributed by atoms with Gasteiger partial charge in [-0.1, -0.05) is 6.92 Å². The zero-order valence-electron chi connectivity index (χ0n) is 8.18. The predicted octanol–water partition coefficient (Wildman–Crippen LogP) is 1.97. The number of ether oxygens (including phenoxy) is 1. The predicted molar refractivity (Wildman–Crippen MR) is 53.9 cm³/mol. The Balaban J connectivity index is 3.19. The molecule has 2 nitrogen and oxygen atoms in total. The summed E-state index contributed by atoms with van der Waals surface area (Å²) < 4.78 is 4.97. The summed E-state index contributed by atoms with van der Waals surface area (Å²) in [6.07, 6.45) is 2.36. The Morgan fingerprint density at radius 2 is 2.00 bits per heavy atom. The summed E-state index contributed by atoms with van der Waals surface area (Å²) in [4.78, 5) is 2.36. The second-order valence-corrected chi connectivity index (χ2v) is 3.20. The van der Waals surface area contributed by atoms with E-state index in [-0.39, 0.29) is 0 Å². The molecular weight excluding hydrogens is 174 g/mol. The molecule has 0 rings (SSSR count). The molecule has 12 heavy (non-hydrogen) atoms. The lowest BCUT2D eigenvalue weighted by Crippen LogP contribution is -2.26. The van der Waals surface area contributed by atoms with Gasteiger partial charge in [-0.05, 0) is 25.9 Å². The van der Waals surface area contributed by atoms with Crippen molar-refractivity contribution in [2.24, 2.45) is 0 Å². The van der Waals surface area contributed by atoms with E-state index in [1.807, 2.05) is 0 Å². The number of rotatable bonds is 8. The van der Waals surface area contributed by atoms with Crippen molar-refractivity contribution in [3.05, 3.63) is 0 Å². The first kappa shape index (κ1) is 12.2. The number of methoxy groups -OCH3 is 1. The van der Waals surface area contributed by atoms with Gasteiger partial charge in [0.25, 0.3) is 0 Å². The number of alkyl halides is 1. The molecule has 0 aromatic carbocycles. The topological polar surface area (TPSA) is 12.5 Å². The SMILES string of the molecule is CCN(CCCl)CCCCOC. The Morgan fingerprint density at radius 1 is 1.25 bits per heavy atom. The Labute approximate surface area is 80.8 Å². The normalized spacial score (nSPS) is 11.0. The molecule has 74 valence electrons. The molecule has 3 heteroatoms. The molecule has 0 aromatic rings. The van der Waals surface area contributed by atoms with Crippen LogP contribution in [0.5, 0.6) is 0 Å². The van der Waals surface area contributed by atoms with E-state index in [4.69, 9.17) is 16.3 Å². The van der Waals surface area contributed by atoms with Gasteiger partial charge in [-0.2, -0.15) is 0 Å². The molecule has 0 fully saturated rings. The van der Waals surface area contributed by atoms with E-state index < -0.39 is 0 Å². The van der Waals surface area contributed by atoms with Crippen molar-refractivity contribution in [3.63, 3.8) is 0 Å². The molecule has 0 spiro atoms. The number of nitrogens with zero attached hydrogens (tertiary/aromatic N) is 1. The Kier molecular flexibility index (Phi) is 9.46. The van der Waals surface area contributed by atoms with Gasteiger partial charge in [-0.15, -0.1) is 11.6 Å². The summed E-state index contributed by atoms with van der Waals surface area (Å²) in [6, 6.07) is 0. The van der Waals surface area contributed by atoms with Gasteiger partial charge in [-0.25, -0.2) is 0 Å². The van der Waals surface area contributed by atoms with Crippen LogP contribution in [0.25, 0.3) is 0 Å². The number of unbranched alkanes of at least 4 members (excludes halogenated alkanes) is 1. The van der Waals surface area contributed by atoms with Crippen LogP contribution in [-0.2, 0) is 4.74 Å². The third-order valence-corrected chi connectivity index (χ3v) is 2.09. The van der Waals surface area contributed by atoms with E-state index in [2.05, 4.69) is 11.8 Å². The van der Waals surface area contributed by atoms with Crippen LogP contribution in [0.3, 0.4) is 0 Å². The second kappa shape index (κ2) is 9.30. The molecule has 0 aliphatic heterocycles. The van der Waals surface area contributed by atoms with Crippen LogP contribution in [0.15, 0.2) is 0 Å². The molecule has 0 N–H and O–H groups in total. The fourth-order valence-electron chi connectivity index (χ4n) is 1.13. The van der Waals surface area contributed by atoms with E-state index in [0.717, 1.165) is 38.5 Å². The lowest BCUT2D eigenvalue weighted by atomic mass is 10.3. The van der Waals surface area contributed by atoms with Crippen molar-refractivity contribution in [1.29, 1.82) is 0 Å². The molecule has 0 aliphatic carbocycles. The van der Waals surface area contributed by atoms with Gasteiger partial charge in [0, 0.05) is 26.1 Å². The molecule has 0 aromatic heterocycles. The van der Waals surface area contributed by atoms with Crippen LogP contribution in [0.1, 0.15) is 19.8 Å². The maximum Gasteiger partial charge on any atom is 0.0462 e. The highest BCUT2D eigenvalue weighted by molar-refractivity contribution is 6.18. The smallest absolute Gasteiger partial charge is 0.0462 e. The first-order valence-electron chi connectivity index (χ1n) is 4.62. The molecule has 0 atom stereocenters. The quantitative estimate of drug-likeness (QED) is 0.432. The minimum Gasteiger partial charge on any atom is -0.385 e. The molecule has 0 radical (unpaired) electrons. The van der Waals surface area contributed by atoms with Crippen LogP contribution in [-0.4, -0.2) is 44.1 Å². The van der Waals surface area contributed by atoms with Crippen LogP contribution >= 0.6 is 11.6 Å². The van der Waals surface area contributed by atoms with Crippen LogP contribution in [0.4, 0.5) is 0 Å². The maximum atomic E-state index is 5.65. The van der Waals surface area contributed by atoms with Gasteiger partial charge in [-0.3, -0.25) is 0 Å². The first-order chi connectivity index (χ1) is 5.85. The van der Waals surface area contributed by atoms with Gasteiger partial charge in [0.15, 0.2) is 0 Å². The van der Waals surface area contributed by atoms with Gasteiger partial charge in [0.1, 0.15) is 0 Å². The second-order valence-electron chi connectivity index (χ2n) is 2.82. The summed E-state index contributed by atoms with van der Waals surface area (Å²) in [5.41, 5.74) is 0. The molecule has 0 bridgehead atoms. The summed E-state index contributed by atoms with van der Waals surface area (Å²) in [5, 5.41) is 0. The summed E-state index contributed by atoms with van der Waals surface area (Å²) in [5.74, 6) is 0.734. The standard InChI is InChI=1S/C9H20ClNO/c1-3-11(8-6-10)7-4-5-9-12-2/h3-9H2,1-2H3. The summed E-state index contributed by atoms with van der Waals surface area (Å²) >= 11 is 5.65. The van der Waals surface area contributed by atoms with Gasteiger partial charge in [0.2, 0.25) is 0 Å². The van der Waals surface area contributed by atoms with Crippen LogP contribution < -0.4 is 0 Å². The molecular formula is C9H20ClNO. The van der Waals surface area contributed by atoms with Crippen molar-refractivity contribution in [3.8, 4) is 0 Å². The monoisotopic (exact) mass is 193 g/mol. The van der Waals surface area contributed by atoms with E-state index >= 15 is 0 Å². The van der Waals surface area contributed by atoms with E-state index in [9.17, 15) is 0 Å². The van der Waals surface area contributed by atoms with E-state index in [0.29, 0.717) is 0 Å². The Hall–Kier alpha value is 0.210. The van der Waals surface area contributed by atoms with Gasteiger partial charge in [0.05, 0.1) is 0 Å². The van der Waals surface area contributed by atoms with Crippen molar-refractivity contribution >= 4 is 11.6 Å². The zero-order chi connectivity index (χ0) is 9.23. The first-order valence-corrected chi connectivity index (χ1v) is 5.15. The minimum atomic E-state index is 0.734. The number of hydrogen-bond acceptors (Lipinski definition) is 2. The van der Waals surface area contributed by atoms with Crippen molar-refractivity contribution < 1.29 is 4.74 Å². The van der Waals surface area contributed by atoms with Crippen molar-refractivity contribution in [1.82, 2.24) is 4.90 Å². The Bertz CT molecular complexity index is 90.6. The summed E-state index contributed by atoms with van der Waals surface area (Å²) in [6.45, 7) is 6.29.